The molecule has 0 radical (unpaired) electrons. The molecule has 0 unspecified atom stereocenters. The van der Waals surface area contributed by atoms with Gasteiger partial charge in [0.05, 0.1) is 35.3 Å². The first-order chi connectivity index (χ1) is 12.5. The van der Waals surface area contributed by atoms with Crippen LogP contribution in [0.3, 0.4) is 0 Å². The van der Waals surface area contributed by atoms with E-state index in [0.29, 0.717) is 16.3 Å². The zero-order valence-electron chi connectivity index (χ0n) is 15.1. The standard InChI is InChI=1S/C19H22ClN3O3/c1-4-5-10-23(2)14-7-9-16(21-12-14)18(24)22-17-11-13(19(25)26-3)6-8-15(17)20/h6-9,11-12H,4-5,10H2,1-3H3,(H,22,24). The van der Waals surface area contributed by atoms with Crippen molar-refractivity contribution in [2.45, 2.75) is 19.8 Å². The predicted octanol–water partition coefficient (Wildman–Crippen LogP) is 4.01. The SMILES string of the molecule is CCCCN(C)c1ccc(C(=O)Nc2cc(C(=O)OC)ccc2Cl)nc1. The number of amides is 1. The van der Waals surface area contributed by atoms with Gasteiger partial charge in [-0.1, -0.05) is 24.9 Å². The average molecular weight is 376 g/mol. The van der Waals surface area contributed by atoms with Gasteiger partial charge >= 0.3 is 5.97 Å². The molecule has 0 bridgehead atoms. The summed E-state index contributed by atoms with van der Waals surface area (Å²) in [6, 6.07) is 8.04. The van der Waals surface area contributed by atoms with Crippen molar-refractivity contribution >= 4 is 34.9 Å². The number of carbonyl (C=O) groups is 2. The van der Waals surface area contributed by atoms with Crippen molar-refractivity contribution in [2.75, 3.05) is 30.9 Å². The first-order valence-electron chi connectivity index (χ1n) is 8.32. The minimum Gasteiger partial charge on any atom is -0.465 e. The fraction of sp³-hybridized carbons (Fsp3) is 0.316. The van der Waals surface area contributed by atoms with Crippen molar-refractivity contribution in [1.29, 1.82) is 0 Å². The molecular weight excluding hydrogens is 354 g/mol. The summed E-state index contributed by atoms with van der Waals surface area (Å²) >= 11 is 6.10. The smallest absolute Gasteiger partial charge is 0.337 e. The van der Waals surface area contributed by atoms with Crippen LogP contribution in [0.1, 0.15) is 40.6 Å². The Balaban J connectivity index is 2.11. The number of ether oxygens (including phenoxy) is 1. The zero-order chi connectivity index (χ0) is 19.1. The van der Waals surface area contributed by atoms with Crippen LogP contribution in [-0.4, -0.2) is 37.6 Å². The maximum atomic E-state index is 12.4. The van der Waals surface area contributed by atoms with E-state index in [-0.39, 0.29) is 5.69 Å². The molecule has 0 aliphatic heterocycles. The number of nitrogens with one attached hydrogen (secondary N) is 1. The zero-order valence-corrected chi connectivity index (χ0v) is 15.8. The number of rotatable bonds is 7. The van der Waals surface area contributed by atoms with E-state index in [1.165, 1.54) is 25.3 Å². The number of carbonyl (C=O) groups excluding carboxylic acids is 2. The van der Waals surface area contributed by atoms with E-state index in [4.69, 9.17) is 11.6 Å². The van der Waals surface area contributed by atoms with E-state index in [9.17, 15) is 9.59 Å². The van der Waals surface area contributed by atoms with Crippen LogP contribution in [0.2, 0.25) is 5.02 Å². The van der Waals surface area contributed by atoms with Crippen LogP contribution in [0.25, 0.3) is 0 Å². The molecule has 138 valence electrons. The van der Waals surface area contributed by atoms with Gasteiger partial charge in [-0.2, -0.15) is 0 Å². The Morgan fingerprint density at radius 1 is 1.27 bits per heavy atom. The highest BCUT2D eigenvalue weighted by molar-refractivity contribution is 6.34. The topological polar surface area (TPSA) is 71.5 Å². The normalized spacial score (nSPS) is 10.3. The van der Waals surface area contributed by atoms with E-state index >= 15 is 0 Å². The lowest BCUT2D eigenvalue weighted by Crippen LogP contribution is -2.19. The van der Waals surface area contributed by atoms with Crippen LogP contribution in [0.4, 0.5) is 11.4 Å². The summed E-state index contributed by atoms with van der Waals surface area (Å²) in [7, 11) is 3.28. The third kappa shape index (κ3) is 4.95. The number of benzene rings is 1. The van der Waals surface area contributed by atoms with E-state index in [2.05, 4.69) is 26.9 Å². The Morgan fingerprint density at radius 3 is 2.65 bits per heavy atom. The van der Waals surface area contributed by atoms with Crippen LogP contribution < -0.4 is 10.2 Å². The minimum absolute atomic E-state index is 0.261. The summed E-state index contributed by atoms with van der Waals surface area (Å²) < 4.78 is 4.67. The van der Waals surface area contributed by atoms with Crippen molar-refractivity contribution in [3.05, 3.63) is 52.8 Å². The van der Waals surface area contributed by atoms with Gasteiger partial charge in [0.15, 0.2) is 0 Å². The molecule has 0 aliphatic carbocycles. The molecule has 1 heterocycles. The molecule has 6 nitrogen and oxygen atoms in total. The summed E-state index contributed by atoms with van der Waals surface area (Å²) in [6.07, 6.45) is 3.87. The summed E-state index contributed by atoms with van der Waals surface area (Å²) in [5.74, 6) is -0.911. The molecule has 0 spiro atoms. The number of esters is 1. The monoisotopic (exact) mass is 375 g/mol. The molecule has 1 aromatic carbocycles. The lowest BCUT2D eigenvalue weighted by Gasteiger charge is -2.18. The highest BCUT2D eigenvalue weighted by Gasteiger charge is 2.13. The molecular formula is C19H22ClN3O3. The highest BCUT2D eigenvalue weighted by Crippen LogP contribution is 2.24. The van der Waals surface area contributed by atoms with Gasteiger partial charge in [-0.15, -0.1) is 0 Å². The number of anilines is 2. The van der Waals surface area contributed by atoms with E-state index < -0.39 is 11.9 Å². The molecule has 0 saturated heterocycles. The third-order valence-electron chi connectivity index (χ3n) is 3.90. The number of methoxy groups -OCH3 is 1. The first-order valence-corrected chi connectivity index (χ1v) is 8.70. The molecule has 1 aromatic heterocycles. The molecule has 26 heavy (non-hydrogen) atoms. The fourth-order valence-electron chi connectivity index (χ4n) is 2.32. The summed E-state index contributed by atoms with van der Waals surface area (Å²) in [5.41, 5.74) is 1.83. The summed E-state index contributed by atoms with van der Waals surface area (Å²) in [6.45, 7) is 3.07. The van der Waals surface area contributed by atoms with Crippen molar-refractivity contribution in [2.24, 2.45) is 0 Å². The van der Waals surface area contributed by atoms with Crippen molar-refractivity contribution in [3.63, 3.8) is 0 Å². The summed E-state index contributed by atoms with van der Waals surface area (Å²) in [5, 5.41) is 3.00. The number of hydrogen-bond acceptors (Lipinski definition) is 5. The number of unbranched alkanes of at least 4 members (excludes halogenated alkanes) is 1. The molecule has 0 aliphatic rings. The minimum atomic E-state index is -0.505. The molecule has 0 atom stereocenters. The first kappa shape index (κ1) is 19.7. The van der Waals surface area contributed by atoms with E-state index in [0.717, 1.165) is 25.1 Å². The molecule has 0 saturated carbocycles. The second-order valence-electron chi connectivity index (χ2n) is 5.82. The quantitative estimate of drug-likeness (QED) is 0.740. The number of hydrogen-bond donors (Lipinski definition) is 1. The van der Waals surface area contributed by atoms with E-state index in [1.54, 1.807) is 12.3 Å². The summed E-state index contributed by atoms with van der Waals surface area (Å²) in [4.78, 5) is 30.3. The Kier molecular flexibility index (Phi) is 6.97. The number of nitrogens with zero attached hydrogens (tertiary/aromatic N) is 2. The fourth-order valence-corrected chi connectivity index (χ4v) is 2.49. The Hall–Kier alpha value is -2.60. The van der Waals surface area contributed by atoms with Gasteiger partial charge < -0.3 is 15.0 Å². The molecule has 7 heteroatoms. The van der Waals surface area contributed by atoms with Gasteiger partial charge in [0.2, 0.25) is 0 Å². The van der Waals surface area contributed by atoms with Gasteiger partial charge in [0.1, 0.15) is 5.69 Å². The van der Waals surface area contributed by atoms with Gasteiger partial charge in [-0.25, -0.2) is 9.78 Å². The van der Waals surface area contributed by atoms with Gasteiger partial charge in [-0.05, 0) is 36.8 Å². The predicted molar refractivity (Wildman–Crippen MR) is 103 cm³/mol. The van der Waals surface area contributed by atoms with Gasteiger partial charge in [-0.3, -0.25) is 4.79 Å². The maximum Gasteiger partial charge on any atom is 0.337 e. The van der Waals surface area contributed by atoms with Crippen molar-refractivity contribution in [3.8, 4) is 0 Å². The Bertz CT molecular complexity index is 778. The Labute approximate surface area is 158 Å². The number of halogens is 1. The number of pyridine rings is 1. The maximum absolute atomic E-state index is 12.4. The molecule has 1 amide bonds. The van der Waals surface area contributed by atoms with Gasteiger partial charge in [0, 0.05) is 13.6 Å². The van der Waals surface area contributed by atoms with E-state index in [1.807, 2.05) is 13.1 Å². The van der Waals surface area contributed by atoms with Crippen LogP contribution >= 0.6 is 11.6 Å². The largest absolute Gasteiger partial charge is 0.465 e. The Morgan fingerprint density at radius 2 is 2.04 bits per heavy atom. The lowest BCUT2D eigenvalue weighted by molar-refractivity contribution is 0.0600. The lowest BCUT2D eigenvalue weighted by atomic mass is 10.2. The second-order valence-corrected chi connectivity index (χ2v) is 6.22. The second kappa shape index (κ2) is 9.20. The van der Waals surface area contributed by atoms with Crippen LogP contribution in [-0.2, 0) is 4.74 Å². The van der Waals surface area contributed by atoms with Crippen LogP contribution in [0.15, 0.2) is 36.5 Å². The average Bonchev–Trinajstić information content (AvgIpc) is 2.67. The van der Waals surface area contributed by atoms with Crippen molar-refractivity contribution < 1.29 is 14.3 Å². The molecule has 2 rings (SSSR count). The van der Waals surface area contributed by atoms with Crippen LogP contribution in [0.5, 0.6) is 0 Å². The van der Waals surface area contributed by atoms with Crippen LogP contribution in [0, 0.1) is 0 Å². The van der Waals surface area contributed by atoms with Gasteiger partial charge in [0.25, 0.3) is 5.91 Å². The third-order valence-corrected chi connectivity index (χ3v) is 4.23. The molecule has 0 fully saturated rings. The molecule has 1 N–H and O–H groups in total. The molecule has 2 aromatic rings. The van der Waals surface area contributed by atoms with Crippen molar-refractivity contribution in [1.82, 2.24) is 4.98 Å². The number of aromatic nitrogens is 1. The highest BCUT2D eigenvalue weighted by atomic mass is 35.5.